The van der Waals surface area contributed by atoms with E-state index in [1.165, 1.54) is 25.0 Å². The molecule has 3 heteroatoms. The minimum atomic E-state index is 0.457. The molecule has 0 aliphatic rings. The summed E-state index contributed by atoms with van der Waals surface area (Å²) in [5, 5.41) is 8.30. The normalized spacial score (nSPS) is 13.4. The summed E-state index contributed by atoms with van der Waals surface area (Å²) in [6, 6.07) is 3.24. The van der Waals surface area contributed by atoms with Crippen LogP contribution >= 0.6 is 0 Å². The largest absolute Gasteiger partial charge is 0.314 e. The lowest BCUT2D eigenvalue weighted by molar-refractivity contribution is 0.396. The van der Waals surface area contributed by atoms with Gasteiger partial charge in [0, 0.05) is 18.3 Å². The van der Waals surface area contributed by atoms with Crippen LogP contribution in [0, 0.1) is 5.92 Å². The Morgan fingerprint density at radius 3 is 2.53 bits per heavy atom. The van der Waals surface area contributed by atoms with Crippen molar-refractivity contribution in [3.05, 3.63) is 18.0 Å². The highest BCUT2D eigenvalue weighted by Crippen LogP contribution is 2.12. The smallest absolute Gasteiger partial charge is 0.0625 e. The first-order valence-electron chi connectivity index (χ1n) is 7.80. The van der Waals surface area contributed by atoms with Crippen molar-refractivity contribution in [2.24, 2.45) is 5.92 Å². The van der Waals surface area contributed by atoms with E-state index in [4.69, 9.17) is 0 Å². The topological polar surface area (TPSA) is 29.9 Å². The summed E-state index contributed by atoms with van der Waals surface area (Å²) < 4.78 is 2.05. The summed E-state index contributed by atoms with van der Waals surface area (Å²) in [6.45, 7) is 12.3. The molecule has 19 heavy (non-hydrogen) atoms. The lowest BCUT2D eigenvalue weighted by atomic mass is 9.99. The lowest BCUT2D eigenvalue weighted by Crippen LogP contribution is -2.31. The molecule has 0 aliphatic heterocycles. The molecule has 0 radical (unpaired) electrons. The van der Waals surface area contributed by atoms with Gasteiger partial charge in [-0.15, -0.1) is 0 Å². The molecule has 0 spiro atoms. The third-order valence-corrected chi connectivity index (χ3v) is 3.38. The first-order chi connectivity index (χ1) is 9.02. The van der Waals surface area contributed by atoms with E-state index in [9.17, 15) is 0 Å². The molecule has 1 atom stereocenters. The van der Waals surface area contributed by atoms with Crippen molar-refractivity contribution in [2.75, 3.05) is 6.54 Å². The average molecular weight is 265 g/mol. The molecule has 0 amide bonds. The molecule has 1 rings (SSSR count). The molecular formula is C16H31N3. The van der Waals surface area contributed by atoms with Crippen LogP contribution in [0.2, 0.25) is 0 Å². The summed E-state index contributed by atoms with van der Waals surface area (Å²) in [6.07, 6.45) is 6.82. The van der Waals surface area contributed by atoms with Gasteiger partial charge < -0.3 is 5.32 Å². The molecule has 0 aliphatic carbocycles. The Bertz CT molecular complexity index is 342. The zero-order valence-electron chi connectivity index (χ0n) is 13.3. The number of hydrogen-bond acceptors (Lipinski definition) is 2. The van der Waals surface area contributed by atoms with E-state index in [-0.39, 0.29) is 0 Å². The number of nitrogens with one attached hydrogen (secondary N) is 1. The van der Waals surface area contributed by atoms with Crippen molar-refractivity contribution >= 4 is 0 Å². The van der Waals surface area contributed by atoms with Gasteiger partial charge >= 0.3 is 0 Å². The summed E-state index contributed by atoms with van der Waals surface area (Å²) >= 11 is 0. The fourth-order valence-electron chi connectivity index (χ4n) is 2.34. The summed E-state index contributed by atoms with van der Waals surface area (Å²) in [5.41, 5.74) is 1.22. The van der Waals surface area contributed by atoms with Gasteiger partial charge in [0.25, 0.3) is 0 Å². The van der Waals surface area contributed by atoms with Crippen LogP contribution in [0.3, 0.4) is 0 Å². The van der Waals surface area contributed by atoms with Gasteiger partial charge in [-0.1, -0.05) is 20.8 Å². The van der Waals surface area contributed by atoms with Crippen LogP contribution in [-0.2, 0) is 6.42 Å². The van der Waals surface area contributed by atoms with E-state index >= 15 is 0 Å². The predicted octanol–water partition coefficient (Wildman–Crippen LogP) is 3.81. The van der Waals surface area contributed by atoms with Crippen LogP contribution in [-0.4, -0.2) is 22.4 Å². The molecule has 3 nitrogen and oxygen atoms in total. The zero-order valence-corrected chi connectivity index (χ0v) is 13.3. The number of rotatable bonds is 9. The SMILES string of the molecule is CCCNC(CCc1ccn(C(C)C)n1)CC(C)C. The third kappa shape index (κ3) is 6.24. The van der Waals surface area contributed by atoms with E-state index in [0.29, 0.717) is 12.1 Å². The first kappa shape index (κ1) is 16.2. The Balaban J connectivity index is 2.44. The fourth-order valence-corrected chi connectivity index (χ4v) is 2.34. The van der Waals surface area contributed by atoms with Crippen LogP contribution in [0.5, 0.6) is 0 Å². The van der Waals surface area contributed by atoms with Crippen LogP contribution < -0.4 is 5.32 Å². The minimum Gasteiger partial charge on any atom is -0.314 e. The van der Waals surface area contributed by atoms with Crippen molar-refractivity contribution in [1.29, 1.82) is 0 Å². The van der Waals surface area contributed by atoms with E-state index in [0.717, 1.165) is 18.9 Å². The van der Waals surface area contributed by atoms with Crippen molar-refractivity contribution in [2.45, 2.75) is 72.4 Å². The van der Waals surface area contributed by atoms with Gasteiger partial charge in [-0.3, -0.25) is 4.68 Å². The zero-order chi connectivity index (χ0) is 14.3. The molecule has 0 fully saturated rings. The lowest BCUT2D eigenvalue weighted by Gasteiger charge is -2.20. The fraction of sp³-hybridized carbons (Fsp3) is 0.812. The number of aromatic nitrogens is 2. The Morgan fingerprint density at radius 1 is 1.26 bits per heavy atom. The summed E-state index contributed by atoms with van der Waals surface area (Å²) in [5.74, 6) is 0.752. The molecule has 1 aromatic rings. The van der Waals surface area contributed by atoms with Gasteiger partial charge in [0.05, 0.1) is 5.69 Å². The third-order valence-electron chi connectivity index (χ3n) is 3.38. The second-order valence-corrected chi connectivity index (χ2v) is 6.20. The molecule has 0 aromatic carbocycles. The van der Waals surface area contributed by atoms with Gasteiger partial charge in [-0.2, -0.15) is 5.10 Å². The van der Waals surface area contributed by atoms with Crippen molar-refractivity contribution in [3.8, 4) is 0 Å². The molecule has 1 heterocycles. The minimum absolute atomic E-state index is 0.457. The molecule has 0 saturated carbocycles. The van der Waals surface area contributed by atoms with Crippen LogP contribution in [0.4, 0.5) is 0 Å². The Labute approximate surface area is 118 Å². The van der Waals surface area contributed by atoms with Crippen molar-refractivity contribution in [1.82, 2.24) is 15.1 Å². The Morgan fingerprint density at radius 2 is 2.00 bits per heavy atom. The van der Waals surface area contributed by atoms with E-state index in [2.05, 4.69) is 57.3 Å². The molecule has 1 unspecified atom stereocenters. The monoisotopic (exact) mass is 265 g/mol. The first-order valence-corrected chi connectivity index (χ1v) is 7.80. The van der Waals surface area contributed by atoms with Crippen molar-refractivity contribution < 1.29 is 0 Å². The van der Waals surface area contributed by atoms with Gasteiger partial charge in [-0.25, -0.2) is 0 Å². The number of hydrogen-bond donors (Lipinski definition) is 1. The van der Waals surface area contributed by atoms with E-state index < -0.39 is 0 Å². The molecule has 1 aromatic heterocycles. The maximum absolute atomic E-state index is 4.63. The highest BCUT2D eigenvalue weighted by atomic mass is 15.3. The van der Waals surface area contributed by atoms with Gasteiger partial charge in [0.2, 0.25) is 0 Å². The predicted molar refractivity (Wildman–Crippen MR) is 82.5 cm³/mol. The number of aryl methyl sites for hydroxylation is 1. The van der Waals surface area contributed by atoms with E-state index in [1.807, 2.05) is 4.68 Å². The molecular weight excluding hydrogens is 234 g/mol. The highest BCUT2D eigenvalue weighted by molar-refractivity contribution is 5.00. The van der Waals surface area contributed by atoms with Gasteiger partial charge in [0.15, 0.2) is 0 Å². The molecule has 0 saturated heterocycles. The molecule has 1 N–H and O–H groups in total. The van der Waals surface area contributed by atoms with Gasteiger partial charge in [-0.05, 0) is 58.1 Å². The second kappa shape index (κ2) is 8.36. The standard InChI is InChI=1S/C16H31N3/c1-6-10-17-16(12-13(2)3)8-7-15-9-11-19(18-15)14(4)5/h9,11,13-14,16-17H,6-8,10,12H2,1-5H3. The van der Waals surface area contributed by atoms with Crippen LogP contribution in [0.1, 0.15) is 65.6 Å². The maximum Gasteiger partial charge on any atom is 0.0625 e. The summed E-state index contributed by atoms with van der Waals surface area (Å²) in [7, 11) is 0. The van der Waals surface area contributed by atoms with Crippen LogP contribution in [0.25, 0.3) is 0 Å². The van der Waals surface area contributed by atoms with Crippen molar-refractivity contribution in [3.63, 3.8) is 0 Å². The number of nitrogens with zero attached hydrogens (tertiary/aromatic N) is 2. The molecule has 110 valence electrons. The molecule has 0 bridgehead atoms. The highest BCUT2D eigenvalue weighted by Gasteiger charge is 2.11. The Hall–Kier alpha value is -0.830. The average Bonchev–Trinajstić information content (AvgIpc) is 2.81. The Kier molecular flexibility index (Phi) is 7.14. The maximum atomic E-state index is 4.63. The second-order valence-electron chi connectivity index (χ2n) is 6.20. The van der Waals surface area contributed by atoms with Gasteiger partial charge in [0.1, 0.15) is 0 Å². The van der Waals surface area contributed by atoms with Crippen LogP contribution in [0.15, 0.2) is 12.3 Å². The summed E-state index contributed by atoms with van der Waals surface area (Å²) in [4.78, 5) is 0. The quantitative estimate of drug-likeness (QED) is 0.736. The van der Waals surface area contributed by atoms with E-state index in [1.54, 1.807) is 0 Å².